The standard InChI is InChI=1S/C14H14BrFN2/c1-10(13-5-4-12(16)7-14(13)15)18-9-11-3-2-6-17-8-11/h2-8,10,18H,9H2,1H3. The second kappa shape index (κ2) is 6.07. The van der Waals surface area contributed by atoms with E-state index in [-0.39, 0.29) is 11.9 Å². The first kappa shape index (κ1) is 13.2. The minimum atomic E-state index is -0.231. The molecule has 2 rings (SSSR count). The lowest BCUT2D eigenvalue weighted by molar-refractivity contribution is 0.568. The number of aromatic nitrogens is 1. The van der Waals surface area contributed by atoms with Gasteiger partial charge in [-0.05, 0) is 36.2 Å². The van der Waals surface area contributed by atoms with E-state index in [9.17, 15) is 4.39 Å². The van der Waals surface area contributed by atoms with Gasteiger partial charge in [-0.15, -0.1) is 0 Å². The molecular weight excluding hydrogens is 295 g/mol. The molecule has 1 atom stereocenters. The van der Waals surface area contributed by atoms with Gasteiger partial charge in [0, 0.05) is 29.5 Å². The second-order valence-corrected chi connectivity index (χ2v) is 4.98. The number of pyridine rings is 1. The molecule has 0 aliphatic rings. The van der Waals surface area contributed by atoms with Crippen LogP contribution in [0.25, 0.3) is 0 Å². The summed E-state index contributed by atoms with van der Waals surface area (Å²) in [5.74, 6) is -0.231. The van der Waals surface area contributed by atoms with Crippen molar-refractivity contribution in [3.05, 3.63) is 64.1 Å². The molecule has 1 N–H and O–H groups in total. The Hall–Kier alpha value is -1.26. The molecule has 2 aromatic rings. The van der Waals surface area contributed by atoms with Crippen molar-refractivity contribution in [2.75, 3.05) is 0 Å². The molecule has 0 fully saturated rings. The SMILES string of the molecule is CC(NCc1cccnc1)c1ccc(F)cc1Br. The average Bonchev–Trinajstić information content (AvgIpc) is 2.37. The van der Waals surface area contributed by atoms with E-state index in [2.05, 4.69) is 26.2 Å². The summed E-state index contributed by atoms with van der Waals surface area (Å²) < 4.78 is 13.8. The number of benzene rings is 1. The van der Waals surface area contributed by atoms with Gasteiger partial charge in [0.15, 0.2) is 0 Å². The maximum Gasteiger partial charge on any atom is 0.124 e. The normalized spacial score (nSPS) is 12.4. The summed E-state index contributed by atoms with van der Waals surface area (Å²) in [5, 5.41) is 3.38. The molecule has 0 aliphatic carbocycles. The van der Waals surface area contributed by atoms with Crippen LogP contribution in [0.3, 0.4) is 0 Å². The average molecular weight is 309 g/mol. The maximum absolute atomic E-state index is 13.0. The highest BCUT2D eigenvalue weighted by molar-refractivity contribution is 9.10. The lowest BCUT2D eigenvalue weighted by atomic mass is 10.1. The molecule has 4 heteroatoms. The predicted octanol–water partition coefficient (Wildman–Crippen LogP) is 3.83. The lowest BCUT2D eigenvalue weighted by Crippen LogP contribution is -2.18. The molecule has 18 heavy (non-hydrogen) atoms. The number of nitrogens with one attached hydrogen (secondary N) is 1. The van der Waals surface area contributed by atoms with Gasteiger partial charge in [-0.3, -0.25) is 4.98 Å². The van der Waals surface area contributed by atoms with Crippen molar-refractivity contribution in [3.8, 4) is 0 Å². The van der Waals surface area contributed by atoms with Crippen LogP contribution in [-0.4, -0.2) is 4.98 Å². The van der Waals surface area contributed by atoms with Crippen LogP contribution in [0.2, 0.25) is 0 Å². The quantitative estimate of drug-likeness (QED) is 0.928. The Morgan fingerprint density at radius 3 is 2.89 bits per heavy atom. The largest absolute Gasteiger partial charge is 0.306 e. The van der Waals surface area contributed by atoms with E-state index in [1.807, 2.05) is 25.3 Å². The highest BCUT2D eigenvalue weighted by Gasteiger charge is 2.09. The van der Waals surface area contributed by atoms with E-state index >= 15 is 0 Å². The zero-order valence-corrected chi connectivity index (χ0v) is 11.6. The first-order valence-electron chi connectivity index (χ1n) is 5.74. The highest BCUT2D eigenvalue weighted by Crippen LogP contribution is 2.24. The molecule has 0 amide bonds. The van der Waals surface area contributed by atoms with Gasteiger partial charge >= 0.3 is 0 Å². The first-order chi connectivity index (χ1) is 8.66. The van der Waals surface area contributed by atoms with Gasteiger partial charge in [0.25, 0.3) is 0 Å². The second-order valence-electron chi connectivity index (χ2n) is 4.13. The van der Waals surface area contributed by atoms with Gasteiger partial charge < -0.3 is 5.32 Å². The molecule has 1 aromatic carbocycles. The molecule has 1 heterocycles. The fourth-order valence-electron chi connectivity index (χ4n) is 1.74. The fourth-order valence-corrected chi connectivity index (χ4v) is 2.43. The molecule has 1 unspecified atom stereocenters. The molecule has 0 spiro atoms. The minimum Gasteiger partial charge on any atom is -0.306 e. The summed E-state index contributed by atoms with van der Waals surface area (Å²) in [4.78, 5) is 4.07. The van der Waals surface area contributed by atoms with Crippen LogP contribution in [-0.2, 0) is 6.54 Å². The van der Waals surface area contributed by atoms with Crippen molar-refractivity contribution < 1.29 is 4.39 Å². The van der Waals surface area contributed by atoms with E-state index in [1.54, 1.807) is 12.3 Å². The van der Waals surface area contributed by atoms with Gasteiger partial charge in [0.2, 0.25) is 0 Å². The molecular formula is C14H14BrFN2. The van der Waals surface area contributed by atoms with E-state index in [0.717, 1.165) is 22.1 Å². The molecule has 94 valence electrons. The Morgan fingerprint density at radius 2 is 2.22 bits per heavy atom. The van der Waals surface area contributed by atoms with Crippen LogP contribution in [0.1, 0.15) is 24.1 Å². The van der Waals surface area contributed by atoms with Crippen molar-refractivity contribution in [2.45, 2.75) is 19.5 Å². The smallest absolute Gasteiger partial charge is 0.124 e. The van der Waals surface area contributed by atoms with Gasteiger partial charge in [-0.2, -0.15) is 0 Å². The molecule has 2 nitrogen and oxygen atoms in total. The summed E-state index contributed by atoms with van der Waals surface area (Å²) >= 11 is 3.38. The van der Waals surface area contributed by atoms with E-state index < -0.39 is 0 Å². The minimum absolute atomic E-state index is 0.139. The molecule has 0 aliphatic heterocycles. The molecule has 0 radical (unpaired) electrons. The third kappa shape index (κ3) is 3.37. The summed E-state index contributed by atoms with van der Waals surface area (Å²) in [5.41, 5.74) is 2.17. The van der Waals surface area contributed by atoms with E-state index in [1.165, 1.54) is 12.1 Å². The van der Waals surface area contributed by atoms with Crippen molar-refractivity contribution in [1.82, 2.24) is 10.3 Å². The lowest BCUT2D eigenvalue weighted by Gasteiger charge is -2.15. The summed E-state index contributed by atoms with van der Waals surface area (Å²) in [6.45, 7) is 2.78. The highest BCUT2D eigenvalue weighted by atomic mass is 79.9. The van der Waals surface area contributed by atoms with Crippen molar-refractivity contribution in [3.63, 3.8) is 0 Å². The Kier molecular flexibility index (Phi) is 4.44. The van der Waals surface area contributed by atoms with Crippen LogP contribution < -0.4 is 5.32 Å². The number of rotatable bonds is 4. The Morgan fingerprint density at radius 1 is 1.39 bits per heavy atom. The van der Waals surface area contributed by atoms with Crippen LogP contribution in [0.5, 0.6) is 0 Å². The summed E-state index contributed by atoms with van der Waals surface area (Å²) in [7, 11) is 0. The van der Waals surface area contributed by atoms with Gasteiger partial charge in [0.05, 0.1) is 0 Å². The topological polar surface area (TPSA) is 24.9 Å². The first-order valence-corrected chi connectivity index (χ1v) is 6.53. The monoisotopic (exact) mass is 308 g/mol. The van der Waals surface area contributed by atoms with Crippen LogP contribution in [0.4, 0.5) is 4.39 Å². The zero-order valence-electron chi connectivity index (χ0n) is 10.0. The van der Waals surface area contributed by atoms with Crippen LogP contribution >= 0.6 is 15.9 Å². The third-order valence-corrected chi connectivity index (χ3v) is 3.45. The van der Waals surface area contributed by atoms with Crippen molar-refractivity contribution in [1.29, 1.82) is 0 Å². The molecule has 1 aromatic heterocycles. The number of hydrogen-bond acceptors (Lipinski definition) is 2. The van der Waals surface area contributed by atoms with Crippen LogP contribution in [0, 0.1) is 5.82 Å². The Balaban J connectivity index is 2.01. The Labute approximate surface area is 114 Å². The summed E-state index contributed by atoms with van der Waals surface area (Å²) in [6.07, 6.45) is 3.59. The predicted molar refractivity (Wildman–Crippen MR) is 73.6 cm³/mol. The van der Waals surface area contributed by atoms with E-state index in [0.29, 0.717) is 0 Å². The van der Waals surface area contributed by atoms with Gasteiger partial charge in [-0.1, -0.05) is 28.1 Å². The number of nitrogens with zero attached hydrogens (tertiary/aromatic N) is 1. The maximum atomic E-state index is 13.0. The Bertz CT molecular complexity index is 516. The molecule has 0 saturated heterocycles. The van der Waals surface area contributed by atoms with Crippen LogP contribution in [0.15, 0.2) is 47.2 Å². The van der Waals surface area contributed by atoms with E-state index in [4.69, 9.17) is 0 Å². The molecule has 0 saturated carbocycles. The van der Waals surface area contributed by atoms with Crippen molar-refractivity contribution in [2.24, 2.45) is 0 Å². The van der Waals surface area contributed by atoms with Gasteiger partial charge in [0.1, 0.15) is 5.82 Å². The third-order valence-electron chi connectivity index (χ3n) is 2.76. The van der Waals surface area contributed by atoms with Crippen molar-refractivity contribution >= 4 is 15.9 Å². The zero-order chi connectivity index (χ0) is 13.0. The summed E-state index contributed by atoms with van der Waals surface area (Å²) in [6, 6.07) is 8.82. The number of hydrogen-bond donors (Lipinski definition) is 1. The fraction of sp³-hybridized carbons (Fsp3) is 0.214. The van der Waals surface area contributed by atoms with Gasteiger partial charge in [-0.25, -0.2) is 4.39 Å². The molecule has 0 bridgehead atoms. The number of halogens is 2.